The molecule has 1 aromatic rings. The lowest BCUT2D eigenvalue weighted by molar-refractivity contribution is 0.0590. The molecule has 0 amide bonds. The maximum absolute atomic E-state index is 11.4. The van der Waals surface area contributed by atoms with E-state index in [4.69, 9.17) is 10.3 Å². The molecule has 7 nitrogen and oxygen atoms in total. The number of carbonyl (C=O) groups excluding carboxylic acids is 1. The number of hydrogen-bond acceptors (Lipinski definition) is 5. The van der Waals surface area contributed by atoms with E-state index in [0.717, 1.165) is 0 Å². The Hall–Kier alpha value is -1.79. The van der Waals surface area contributed by atoms with Gasteiger partial charge in [-0.15, -0.1) is 0 Å². The summed E-state index contributed by atoms with van der Waals surface area (Å²) in [5.41, 5.74) is 8.47. The molecule has 0 saturated carbocycles. The van der Waals surface area contributed by atoms with E-state index < -0.39 is 5.97 Å². The second-order valence-electron chi connectivity index (χ2n) is 2.53. The number of methoxy groups -OCH3 is 2. The monoisotopic (exact) mass is 286 g/mol. The van der Waals surface area contributed by atoms with Gasteiger partial charge in [0.25, 0.3) is 0 Å². The average Bonchev–Trinajstić information content (AvgIpc) is 2.27. The Morgan fingerprint density at radius 2 is 2.31 bits per heavy atom. The van der Waals surface area contributed by atoms with Crippen LogP contribution in [0, 0.1) is 0 Å². The molecule has 0 N–H and O–H groups in total. The number of hydrogen-bond donors (Lipinski definition) is 0. The van der Waals surface area contributed by atoms with Gasteiger partial charge < -0.3 is 9.47 Å². The van der Waals surface area contributed by atoms with E-state index in [1.807, 2.05) is 0 Å². The first kappa shape index (κ1) is 12.3. The van der Waals surface area contributed by atoms with Gasteiger partial charge >= 0.3 is 5.97 Å². The topological polar surface area (TPSA) is 97.2 Å². The smallest absolute Gasteiger partial charge is 0.360 e. The van der Waals surface area contributed by atoms with Crippen LogP contribution in [0.25, 0.3) is 10.4 Å². The van der Waals surface area contributed by atoms with Gasteiger partial charge in [0, 0.05) is 4.91 Å². The van der Waals surface area contributed by atoms with Crippen molar-refractivity contribution in [3.63, 3.8) is 0 Å². The number of esters is 1. The number of rotatable bonds is 3. The van der Waals surface area contributed by atoms with E-state index in [2.05, 4.69) is 35.7 Å². The Bertz CT molecular complexity index is 471. The van der Waals surface area contributed by atoms with Gasteiger partial charge in [-0.1, -0.05) is 5.11 Å². The van der Waals surface area contributed by atoms with Gasteiger partial charge in [-0.3, -0.25) is 0 Å². The molecule has 0 atom stereocenters. The number of ether oxygens (including phenoxy) is 2. The molecule has 0 radical (unpaired) electrons. The van der Waals surface area contributed by atoms with E-state index in [9.17, 15) is 4.79 Å². The molecule has 0 saturated heterocycles. The molecule has 8 heteroatoms. The maximum atomic E-state index is 11.4. The summed E-state index contributed by atoms with van der Waals surface area (Å²) in [6, 6.07) is 1.44. The summed E-state index contributed by atoms with van der Waals surface area (Å²) in [5, 5.41) is 3.39. The molecule has 0 aliphatic heterocycles. The van der Waals surface area contributed by atoms with Crippen LogP contribution < -0.4 is 4.74 Å². The molecule has 0 fully saturated rings. The van der Waals surface area contributed by atoms with Crippen LogP contribution in [0.1, 0.15) is 10.5 Å². The molecule has 16 heavy (non-hydrogen) atoms. The number of aromatic nitrogens is 1. The van der Waals surface area contributed by atoms with Crippen LogP contribution in [-0.4, -0.2) is 25.2 Å². The Balaban J connectivity index is 3.47. The normalized spacial score (nSPS) is 9.19. The molecular weight excluding hydrogens is 280 g/mol. The highest BCUT2D eigenvalue weighted by Crippen LogP contribution is 2.33. The molecule has 0 spiro atoms. The standard InChI is InChI=1S/C8H7BrN4O3/c1-15-7-4(12-13-10)3-5(9)11-6(7)8(14)16-2/h3H,1-2H3. The lowest BCUT2D eigenvalue weighted by Gasteiger charge is -2.08. The third-order valence-electron chi connectivity index (χ3n) is 1.66. The lowest BCUT2D eigenvalue weighted by Crippen LogP contribution is -2.07. The van der Waals surface area contributed by atoms with Crippen LogP contribution in [0.15, 0.2) is 15.8 Å². The van der Waals surface area contributed by atoms with E-state index in [1.165, 1.54) is 20.3 Å². The molecule has 1 rings (SSSR count). The summed E-state index contributed by atoms with van der Waals surface area (Å²) in [5.74, 6) is -0.597. The van der Waals surface area contributed by atoms with Gasteiger partial charge in [-0.05, 0) is 27.5 Å². The molecule has 0 aliphatic carbocycles. The Morgan fingerprint density at radius 3 is 2.81 bits per heavy atom. The molecule has 0 aliphatic rings. The van der Waals surface area contributed by atoms with Gasteiger partial charge in [-0.25, -0.2) is 9.78 Å². The summed E-state index contributed by atoms with van der Waals surface area (Å²) in [6.07, 6.45) is 0. The number of halogens is 1. The maximum Gasteiger partial charge on any atom is 0.360 e. The summed E-state index contributed by atoms with van der Waals surface area (Å²) in [7, 11) is 2.56. The van der Waals surface area contributed by atoms with Crippen molar-refractivity contribution in [2.45, 2.75) is 0 Å². The van der Waals surface area contributed by atoms with Gasteiger partial charge in [-0.2, -0.15) is 0 Å². The van der Waals surface area contributed by atoms with Crippen LogP contribution in [0.5, 0.6) is 5.75 Å². The number of carbonyl (C=O) groups is 1. The highest BCUT2D eigenvalue weighted by atomic mass is 79.9. The van der Waals surface area contributed by atoms with E-state index in [-0.39, 0.29) is 17.1 Å². The van der Waals surface area contributed by atoms with Crippen molar-refractivity contribution in [1.29, 1.82) is 0 Å². The zero-order valence-electron chi connectivity index (χ0n) is 8.47. The number of nitrogens with zero attached hydrogens (tertiary/aromatic N) is 4. The molecule has 0 aromatic carbocycles. The quantitative estimate of drug-likeness (QED) is 0.280. The number of pyridine rings is 1. The molecule has 0 unspecified atom stereocenters. The van der Waals surface area contributed by atoms with Gasteiger partial charge in [0.1, 0.15) is 4.60 Å². The predicted octanol–water partition coefficient (Wildman–Crippen LogP) is 2.58. The highest BCUT2D eigenvalue weighted by Gasteiger charge is 2.19. The Morgan fingerprint density at radius 1 is 1.62 bits per heavy atom. The highest BCUT2D eigenvalue weighted by molar-refractivity contribution is 9.10. The van der Waals surface area contributed by atoms with Crippen LogP contribution in [0.2, 0.25) is 0 Å². The third kappa shape index (κ3) is 2.41. The predicted molar refractivity (Wildman–Crippen MR) is 58.6 cm³/mol. The minimum Gasteiger partial charge on any atom is -0.494 e. The zero-order valence-corrected chi connectivity index (χ0v) is 10.1. The first-order chi connectivity index (χ1) is 7.63. The SMILES string of the molecule is COC(=O)c1nc(Br)cc(N=[N+]=[N-])c1OC. The first-order valence-electron chi connectivity index (χ1n) is 4.02. The molecule has 1 aromatic heterocycles. The fraction of sp³-hybridized carbons (Fsp3) is 0.250. The van der Waals surface area contributed by atoms with Crippen LogP contribution in [-0.2, 0) is 4.74 Å². The largest absolute Gasteiger partial charge is 0.494 e. The van der Waals surface area contributed by atoms with E-state index in [1.54, 1.807) is 0 Å². The minimum atomic E-state index is -0.674. The van der Waals surface area contributed by atoms with Gasteiger partial charge in [0.2, 0.25) is 0 Å². The Kier molecular flexibility index (Phi) is 4.10. The van der Waals surface area contributed by atoms with Crippen LogP contribution >= 0.6 is 15.9 Å². The molecular formula is C8H7BrN4O3. The fourth-order valence-electron chi connectivity index (χ4n) is 1.05. The molecule has 84 valence electrons. The van der Waals surface area contributed by atoms with Crippen molar-refractivity contribution >= 4 is 27.6 Å². The van der Waals surface area contributed by atoms with Crippen molar-refractivity contribution in [2.24, 2.45) is 5.11 Å². The number of azide groups is 1. The van der Waals surface area contributed by atoms with Crippen molar-refractivity contribution in [3.8, 4) is 5.75 Å². The van der Waals surface area contributed by atoms with E-state index in [0.29, 0.717) is 4.60 Å². The van der Waals surface area contributed by atoms with Crippen LogP contribution in [0.3, 0.4) is 0 Å². The molecule has 0 bridgehead atoms. The summed E-state index contributed by atoms with van der Waals surface area (Å²) in [4.78, 5) is 17.9. The summed E-state index contributed by atoms with van der Waals surface area (Å²) < 4.78 is 9.83. The average molecular weight is 287 g/mol. The second kappa shape index (κ2) is 5.34. The minimum absolute atomic E-state index is 0.0539. The zero-order chi connectivity index (χ0) is 12.1. The fourth-order valence-corrected chi connectivity index (χ4v) is 1.44. The third-order valence-corrected chi connectivity index (χ3v) is 2.06. The second-order valence-corrected chi connectivity index (χ2v) is 3.34. The van der Waals surface area contributed by atoms with Crippen molar-refractivity contribution < 1.29 is 14.3 Å². The van der Waals surface area contributed by atoms with Crippen molar-refractivity contribution in [3.05, 3.63) is 26.8 Å². The van der Waals surface area contributed by atoms with Gasteiger partial charge in [0.05, 0.1) is 19.9 Å². The molecule has 1 heterocycles. The lowest BCUT2D eigenvalue weighted by atomic mass is 10.3. The summed E-state index contributed by atoms with van der Waals surface area (Å²) in [6.45, 7) is 0. The van der Waals surface area contributed by atoms with E-state index >= 15 is 0 Å². The van der Waals surface area contributed by atoms with Crippen molar-refractivity contribution in [1.82, 2.24) is 4.98 Å². The Labute approximate surface area is 99.1 Å². The first-order valence-corrected chi connectivity index (χ1v) is 4.81. The van der Waals surface area contributed by atoms with Crippen molar-refractivity contribution in [2.75, 3.05) is 14.2 Å². The summed E-state index contributed by atoms with van der Waals surface area (Å²) >= 11 is 3.09. The van der Waals surface area contributed by atoms with Crippen LogP contribution in [0.4, 0.5) is 5.69 Å². The van der Waals surface area contributed by atoms with Gasteiger partial charge in [0.15, 0.2) is 11.4 Å².